The molecule has 0 amide bonds. The molecule has 0 radical (unpaired) electrons. The van der Waals surface area contributed by atoms with Crippen LogP contribution >= 0.6 is 0 Å². The van der Waals surface area contributed by atoms with Crippen molar-refractivity contribution in [1.82, 2.24) is 0 Å². The molecule has 0 aliphatic carbocycles. The molecular formula is C15H20N2O2. The molecule has 1 aromatic rings. The average Bonchev–Trinajstić information content (AvgIpc) is 2.39. The average molecular weight is 260 g/mol. The summed E-state index contributed by atoms with van der Waals surface area (Å²) in [6, 6.07) is 9.49. The first kappa shape index (κ1) is 15.1. The number of azo groups is 1. The SMILES string of the molecule is CC(=O)[C@H](C)N=[N+]([O-])/C(C)=C/CCc1ccccc1. The van der Waals surface area contributed by atoms with E-state index in [4.69, 9.17) is 0 Å². The zero-order chi connectivity index (χ0) is 14.3. The lowest BCUT2D eigenvalue weighted by Crippen LogP contribution is -2.13. The number of carbonyl (C=O) groups excluding carboxylic acids is 1. The van der Waals surface area contributed by atoms with E-state index >= 15 is 0 Å². The molecule has 4 nitrogen and oxygen atoms in total. The Morgan fingerprint density at radius 3 is 2.58 bits per heavy atom. The molecule has 1 aromatic carbocycles. The van der Waals surface area contributed by atoms with Crippen molar-refractivity contribution in [2.24, 2.45) is 5.11 Å². The summed E-state index contributed by atoms with van der Waals surface area (Å²) in [4.78, 5) is 11.6. The van der Waals surface area contributed by atoms with Crippen molar-refractivity contribution in [3.8, 4) is 0 Å². The van der Waals surface area contributed by atoms with Crippen LogP contribution in [0.15, 0.2) is 47.2 Å². The molecule has 19 heavy (non-hydrogen) atoms. The van der Waals surface area contributed by atoms with Crippen LogP contribution in [0.2, 0.25) is 0 Å². The summed E-state index contributed by atoms with van der Waals surface area (Å²) in [5, 5.41) is 15.4. The van der Waals surface area contributed by atoms with E-state index in [1.165, 1.54) is 12.5 Å². The van der Waals surface area contributed by atoms with E-state index in [0.29, 0.717) is 10.6 Å². The molecule has 0 aliphatic rings. The lowest BCUT2D eigenvalue weighted by Gasteiger charge is -2.03. The van der Waals surface area contributed by atoms with Crippen molar-refractivity contribution < 1.29 is 9.66 Å². The third kappa shape index (κ3) is 5.46. The highest BCUT2D eigenvalue weighted by Crippen LogP contribution is 2.06. The maximum absolute atomic E-state index is 11.6. The van der Waals surface area contributed by atoms with Gasteiger partial charge in [0.15, 0.2) is 11.8 Å². The number of hydrogen-bond acceptors (Lipinski definition) is 3. The molecule has 1 atom stereocenters. The Morgan fingerprint density at radius 2 is 2.00 bits per heavy atom. The highest BCUT2D eigenvalue weighted by Gasteiger charge is 2.11. The van der Waals surface area contributed by atoms with Crippen molar-refractivity contribution >= 4 is 5.78 Å². The van der Waals surface area contributed by atoms with Crippen molar-refractivity contribution in [3.05, 3.63) is 52.9 Å². The van der Waals surface area contributed by atoms with Gasteiger partial charge in [-0.1, -0.05) is 35.2 Å². The Morgan fingerprint density at radius 1 is 1.37 bits per heavy atom. The van der Waals surface area contributed by atoms with Gasteiger partial charge in [-0.05, 0) is 43.4 Å². The summed E-state index contributed by atoms with van der Waals surface area (Å²) in [5.74, 6) is -0.113. The first-order valence-electron chi connectivity index (χ1n) is 6.40. The molecule has 0 spiro atoms. The highest BCUT2D eigenvalue weighted by atomic mass is 16.5. The van der Waals surface area contributed by atoms with E-state index in [1.54, 1.807) is 13.8 Å². The van der Waals surface area contributed by atoms with Crippen LogP contribution in [0.3, 0.4) is 0 Å². The van der Waals surface area contributed by atoms with Gasteiger partial charge in [-0.25, -0.2) is 0 Å². The quantitative estimate of drug-likeness (QED) is 0.447. The van der Waals surface area contributed by atoms with Gasteiger partial charge < -0.3 is 5.21 Å². The molecule has 0 bridgehead atoms. The van der Waals surface area contributed by atoms with E-state index in [2.05, 4.69) is 17.2 Å². The Hall–Kier alpha value is -1.97. The maximum atomic E-state index is 11.6. The molecule has 1 rings (SSSR count). The minimum atomic E-state index is -0.588. The van der Waals surface area contributed by atoms with Crippen molar-refractivity contribution in [3.63, 3.8) is 0 Å². The fraction of sp³-hybridized carbons (Fsp3) is 0.400. The Bertz CT molecular complexity index is 478. The summed E-state index contributed by atoms with van der Waals surface area (Å²) in [6.45, 7) is 4.75. The predicted molar refractivity (Wildman–Crippen MR) is 74.7 cm³/mol. The molecule has 0 aliphatic heterocycles. The third-order valence-corrected chi connectivity index (χ3v) is 2.88. The third-order valence-electron chi connectivity index (χ3n) is 2.88. The fourth-order valence-electron chi connectivity index (χ4n) is 1.50. The van der Waals surface area contributed by atoms with Crippen molar-refractivity contribution in [2.75, 3.05) is 0 Å². The summed E-state index contributed by atoms with van der Waals surface area (Å²) in [7, 11) is 0. The summed E-state index contributed by atoms with van der Waals surface area (Å²) >= 11 is 0. The zero-order valence-electron chi connectivity index (χ0n) is 11.7. The Labute approximate surface area is 114 Å². The molecule has 4 heteroatoms. The van der Waals surface area contributed by atoms with E-state index in [0.717, 1.165) is 12.8 Å². The van der Waals surface area contributed by atoms with Gasteiger partial charge in [-0.2, -0.15) is 0 Å². The summed E-state index contributed by atoms with van der Waals surface area (Å²) in [6.07, 6.45) is 3.50. The molecule has 0 unspecified atom stereocenters. The lowest BCUT2D eigenvalue weighted by atomic mass is 10.1. The van der Waals surface area contributed by atoms with Gasteiger partial charge in [0.05, 0.1) is 0 Å². The van der Waals surface area contributed by atoms with E-state index in [9.17, 15) is 10.0 Å². The van der Waals surface area contributed by atoms with Crippen LogP contribution in [0.4, 0.5) is 0 Å². The predicted octanol–water partition coefficient (Wildman–Crippen LogP) is 3.46. The minimum absolute atomic E-state index is 0.113. The number of aryl methyl sites for hydroxylation is 1. The van der Waals surface area contributed by atoms with Gasteiger partial charge in [-0.15, -0.1) is 0 Å². The molecule has 0 fully saturated rings. The number of Topliss-reactive ketones (excluding diaryl/α,β-unsaturated/α-hetero) is 1. The van der Waals surface area contributed by atoms with Gasteiger partial charge in [-0.3, -0.25) is 4.79 Å². The number of benzene rings is 1. The molecule has 0 saturated carbocycles. The lowest BCUT2D eigenvalue weighted by molar-refractivity contribution is -0.481. The van der Waals surface area contributed by atoms with Crippen LogP contribution in [-0.2, 0) is 11.2 Å². The second-order valence-corrected chi connectivity index (χ2v) is 4.54. The number of hydroxylamine groups is 1. The number of hydrogen-bond donors (Lipinski definition) is 0. The second-order valence-electron chi connectivity index (χ2n) is 4.54. The molecule has 0 heterocycles. The van der Waals surface area contributed by atoms with Crippen molar-refractivity contribution in [1.29, 1.82) is 0 Å². The Balaban J connectivity index is 2.55. The minimum Gasteiger partial charge on any atom is -0.594 e. The van der Waals surface area contributed by atoms with E-state index < -0.39 is 6.04 Å². The molecular weight excluding hydrogens is 240 g/mol. The molecule has 0 saturated heterocycles. The fourth-order valence-corrected chi connectivity index (χ4v) is 1.50. The van der Waals surface area contributed by atoms with E-state index in [-0.39, 0.29) is 5.78 Å². The van der Waals surface area contributed by atoms with Crippen LogP contribution in [0.25, 0.3) is 0 Å². The van der Waals surface area contributed by atoms with Gasteiger partial charge >= 0.3 is 0 Å². The van der Waals surface area contributed by atoms with Gasteiger partial charge in [0, 0.05) is 6.92 Å². The molecule has 0 aromatic heterocycles. The number of nitrogens with zero attached hydrogens (tertiary/aromatic N) is 2. The van der Waals surface area contributed by atoms with Crippen LogP contribution in [0.1, 0.15) is 32.8 Å². The molecule has 0 N–H and O–H groups in total. The maximum Gasteiger partial charge on any atom is 0.214 e. The number of rotatable bonds is 6. The van der Waals surface area contributed by atoms with Gasteiger partial charge in [0.2, 0.25) is 5.70 Å². The zero-order valence-corrected chi connectivity index (χ0v) is 11.7. The standard InChI is InChI=1S/C15H20N2O2/c1-12(17(19)16-13(2)14(3)18)8-7-11-15-9-5-4-6-10-15/h4-6,8-10,13H,7,11H2,1-3H3/b12-8+,17-16?/t13-/m0/s1. The first-order valence-corrected chi connectivity index (χ1v) is 6.40. The van der Waals surface area contributed by atoms with Crippen LogP contribution in [0, 0.1) is 5.21 Å². The van der Waals surface area contributed by atoms with Crippen molar-refractivity contribution in [2.45, 2.75) is 39.7 Å². The number of allylic oxidation sites excluding steroid dienone is 2. The van der Waals surface area contributed by atoms with Crippen LogP contribution < -0.4 is 0 Å². The highest BCUT2D eigenvalue weighted by molar-refractivity contribution is 5.80. The smallest absolute Gasteiger partial charge is 0.214 e. The van der Waals surface area contributed by atoms with E-state index in [1.807, 2.05) is 24.3 Å². The number of carbonyl (C=O) groups is 1. The monoisotopic (exact) mass is 260 g/mol. The largest absolute Gasteiger partial charge is 0.594 e. The van der Waals surface area contributed by atoms with Gasteiger partial charge in [0.25, 0.3) is 0 Å². The normalized spacial score (nSPS) is 14.3. The summed E-state index contributed by atoms with van der Waals surface area (Å²) in [5.41, 5.74) is 1.75. The van der Waals surface area contributed by atoms with Crippen LogP contribution in [-0.4, -0.2) is 16.7 Å². The topological polar surface area (TPSA) is 55.5 Å². The number of ketones is 1. The first-order chi connectivity index (χ1) is 9.00. The summed E-state index contributed by atoms with van der Waals surface area (Å²) < 4.78 is 0. The van der Waals surface area contributed by atoms with Gasteiger partial charge in [0.1, 0.15) is 0 Å². The van der Waals surface area contributed by atoms with Crippen LogP contribution in [0.5, 0.6) is 0 Å². The Kier molecular flexibility index (Phi) is 5.93. The molecule has 102 valence electrons. The second kappa shape index (κ2) is 7.46.